The fraction of sp³-hybridized carbons (Fsp3) is 0.967. The number of carbonyl (C=O) groups excluding carboxylic acids is 1. The topological polar surface area (TPSA) is 65.0 Å². The highest BCUT2D eigenvalue weighted by molar-refractivity contribution is 5.80. The van der Waals surface area contributed by atoms with Gasteiger partial charge in [-0.25, -0.2) is 0 Å². The Bertz CT molecular complexity index is 869. The molecular weight excluding hydrogens is 440 g/mol. The summed E-state index contributed by atoms with van der Waals surface area (Å²) in [7, 11) is 0. The van der Waals surface area contributed by atoms with E-state index >= 15 is 0 Å². The number of ether oxygens (including phenoxy) is 3. The third-order valence-electron chi connectivity index (χ3n) is 12.2. The van der Waals surface area contributed by atoms with Gasteiger partial charge in [0.2, 0.25) is 0 Å². The number of rotatable bonds is 7. The van der Waals surface area contributed by atoms with E-state index in [-0.39, 0.29) is 34.6 Å². The summed E-state index contributed by atoms with van der Waals surface area (Å²) in [4.78, 5) is 12.6. The fourth-order valence-electron chi connectivity index (χ4n) is 9.11. The first kappa shape index (κ1) is 26.1. The van der Waals surface area contributed by atoms with Crippen LogP contribution in [0.3, 0.4) is 0 Å². The molecule has 9 atom stereocenters. The highest BCUT2D eigenvalue weighted by Crippen LogP contribution is 2.68. The van der Waals surface area contributed by atoms with Crippen molar-refractivity contribution in [2.75, 3.05) is 0 Å². The fourth-order valence-corrected chi connectivity index (χ4v) is 9.11. The Kier molecular flexibility index (Phi) is 5.98. The number of ketones is 1. The molecule has 0 aromatic heterocycles. The summed E-state index contributed by atoms with van der Waals surface area (Å²) < 4.78 is 20.2. The molecule has 5 heteroatoms. The van der Waals surface area contributed by atoms with Gasteiger partial charge < -0.3 is 19.3 Å². The van der Waals surface area contributed by atoms with Gasteiger partial charge in [-0.1, -0.05) is 41.5 Å². The Balaban J connectivity index is 1.41. The van der Waals surface area contributed by atoms with E-state index in [0.29, 0.717) is 30.5 Å². The summed E-state index contributed by atoms with van der Waals surface area (Å²) in [6.07, 6.45) is 9.75. The molecule has 0 amide bonds. The number of fused-ring (bicyclic) bond motifs is 3. The van der Waals surface area contributed by atoms with E-state index < -0.39 is 17.0 Å². The van der Waals surface area contributed by atoms with E-state index in [1.807, 2.05) is 27.7 Å². The van der Waals surface area contributed by atoms with Crippen LogP contribution in [0.15, 0.2) is 0 Å². The number of aliphatic hydroxyl groups is 1. The molecule has 4 heterocycles. The summed E-state index contributed by atoms with van der Waals surface area (Å²) in [5.74, 6) is 0.201. The second kappa shape index (κ2) is 8.01. The zero-order valence-corrected chi connectivity index (χ0v) is 23.5. The Morgan fingerprint density at radius 1 is 0.857 bits per heavy atom. The van der Waals surface area contributed by atoms with Gasteiger partial charge in [-0.2, -0.15) is 0 Å². The molecular formula is C30H50O5. The molecule has 2 aliphatic carbocycles. The van der Waals surface area contributed by atoms with Crippen LogP contribution in [0.4, 0.5) is 0 Å². The zero-order chi connectivity index (χ0) is 25.7. The van der Waals surface area contributed by atoms with Crippen LogP contribution < -0.4 is 0 Å². The van der Waals surface area contributed by atoms with Crippen molar-refractivity contribution < 1.29 is 24.1 Å². The first-order chi connectivity index (χ1) is 16.2. The number of carbonyl (C=O) groups is 1. The summed E-state index contributed by atoms with van der Waals surface area (Å²) >= 11 is 0. The predicted molar refractivity (Wildman–Crippen MR) is 136 cm³/mol. The number of hydrogen-bond acceptors (Lipinski definition) is 5. The van der Waals surface area contributed by atoms with Crippen molar-refractivity contribution in [2.45, 2.75) is 154 Å². The average molecular weight is 491 g/mol. The van der Waals surface area contributed by atoms with Crippen LogP contribution >= 0.6 is 0 Å². The highest BCUT2D eigenvalue weighted by atomic mass is 16.7. The van der Waals surface area contributed by atoms with Gasteiger partial charge in [-0.05, 0) is 77.0 Å². The van der Waals surface area contributed by atoms with E-state index in [1.54, 1.807) is 0 Å². The maximum Gasteiger partial charge on any atom is 0.195 e. The van der Waals surface area contributed by atoms with Crippen molar-refractivity contribution in [1.29, 1.82) is 0 Å². The molecule has 2 saturated carbocycles. The lowest BCUT2D eigenvalue weighted by Gasteiger charge is -2.70. The largest absolute Gasteiger partial charge is 0.370 e. The summed E-state index contributed by atoms with van der Waals surface area (Å²) in [5, 5.41) is 11.5. The van der Waals surface area contributed by atoms with E-state index in [0.717, 1.165) is 44.9 Å². The SMILES string of the molecule is CC(C)C(=O)CC[C@@]1(C)[C@H]2CC[C@H](C)[C@]1(CC[C@@]1(C)[C@@H](C)CC[C@@H]3OC(C)(C)[C@@]4(O)CC[C@]31O4)O2. The molecule has 4 bridgehead atoms. The van der Waals surface area contributed by atoms with Gasteiger partial charge in [-0.15, -0.1) is 0 Å². The lowest BCUT2D eigenvalue weighted by Crippen LogP contribution is -2.74. The Morgan fingerprint density at radius 3 is 2.17 bits per heavy atom. The molecule has 0 aromatic carbocycles. The second-order valence-corrected chi connectivity index (χ2v) is 14.3. The number of hydrogen-bond donors (Lipinski definition) is 1. The van der Waals surface area contributed by atoms with Crippen LogP contribution in [-0.4, -0.2) is 45.7 Å². The molecule has 0 unspecified atom stereocenters. The van der Waals surface area contributed by atoms with E-state index in [4.69, 9.17) is 14.2 Å². The van der Waals surface area contributed by atoms with E-state index in [2.05, 4.69) is 27.7 Å². The standard InChI is InChI=1S/C30H50O5/c1-19(2)22(31)13-14-27(8)23-11-10-21(4)28(27,34-23)16-15-26(7)20(3)9-12-24-29(26)17-18-30(32,35-29)25(5,6)33-24/h19-21,23-24,32H,9-18H2,1-8H3/t20-,21-,23+,24-,26-,27-,28-,29-,30+/m0/s1. The molecule has 200 valence electrons. The highest BCUT2D eigenvalue weighted by Gasteiger charge is 2.74. The van der Waals surface area contributed by atoms with Crippen molar-refractivity contribution in [2.24, 2.45) is 28.6 Å². The van der Waals surface area contributed by atoms with Crippen molar-refractivity contribution in [3.05, 3.63) is 0 Å². The van der Waals surface area contributed by atoms with Crippen LogP contribution in [0.2, 0.25) is 0 Å². The lowest BCUT2D eigenvalue weighted by molar-refractivity contribution is -0.412. The first-order valence-electron chi connectivity index (χ1n) is 14.5. The third-order valence-corrected chi connectivity index (χ3v) is 12.2. The lowest BCUT2D eigenvalue weighted by atomic mass is 9.48. The quantitative estimate of drug-likeness (QED) is 0.460. The Morgan fingerprint density at radius 2 is 1.51 bits per heavy atom. The van der Waals surface area contributed by atoms with Gasteiger partial charge in [0.05, 0.1) is 17.8 Å². The van der Waals surface area contributed by atoms with Crippen molar-refractivity contribution in [3.63, 3.8) is 0 Å². The molecule has 6 rings (SSSR count). The molecule has 0 aromatic rings. The Labute approximate surface area is 213 Å². The number of Topliss-reactive ketones (excluding diaryl/α,β-unsaturated/α-hetero) is 1. The van der Waals surface area contributed by atoms with Crippen LogP contribution in [0.5, 0.6) is 0 Å². The Hall–Kier alpha value is -0.490. The van der Waals surface area contributed by atoms with Crippen molar-refractivity contribution in [3.8, 4) is 0 Å². The summed E-state index contributed by atoms with van der Waals surface area (Å²) in [5.41, 5.74) is -1.38. The monoisotopic (exact) mass is 490 g/mol. The smallest absolute Gasteiger partial charge is 0.195 e. The van der Waals surface area contributed by atoms with Gasteiger partial charge >= 0.3 is 0 Å². The first-order valence-corrected chi connectivity index (χ1v) is 14.5. The van der Waals surface area contributed by atoms with Gasteiger partial charge in [0.25, 0.3) is 0 Å². The van der Waals surface area contributed by atoms with Crippen LogP contribution in [0.1, 0.15) is 120 Å². The minimum Gasteiger partial charge on any atom is -0.370 e. The normalized spacial score (nSPS) is 52.2. The van der Waals surface area contributed by atoms with Gasteiger partial charge in [0.15, 0.2) is 5.79 Å². The van der Waals surface area contributed by atoms with Crippen LogP contribution in [0.25, 0.3) is 0 Å². The summed E-state index contributed by atoms with van der Waals surface area (Å²) in [6.45, 7) is 17.5. The minimum absolute atomic E-state index is 0.0212. The molecule has 6 aliphatic rings. The molecule has 6 fully saturated rings. The van der Waals surface area contributed by atoms with Crippen LogP contribution in [0, 0.1) is 28.6 Å². The molecule has 4 aliphatic heterocycles. The van der Waals surface area contributed by atoms with Gasteiger partial charge in [-0.3, -0.25) is 4.79 Å². The van der Waals surface area contributed by atoms with Gasteiger partial charge in [0, 0.05) is 29.6 Å². The average Bonchev–Trinajstić information content (AvgIpc) is 3.14. The van der Waals surface area contributed by atoms with Gasteiger partial charge in [0.1, 0.15) is 17.0 Å². The minimum atomic E-state index is -1.22. The van der Waals surface area contributed by atoms with E-state index in [9.17, 15) is 9.90 Å². The molecule has 4 saturated heterocycles. The molecule has 35 heavy (non-hydrogen) atoms. The maximum atomic E-state index is 12.6. The maximum absolute atomic E-state index is 12.6. The van der Waals surface area contributed by atoms with Crippen molar-refractivity contribution in [1.82, 2.24) is 0 Å². The van der Waals surface area contributed by atoms with Crippen molar-refractivity contribution >= 4 is 5.78 Å². The molecule has 5 nitrogen and oxygen atoms in total. The molecule has 1 spiro atoms. The second-order valence-electron chi connectivity index (χ2n) is 14.3. The van der Waals surface area contributed by atoms with Crippen LogP contribution in [-0.2, 0) is 19.0 Å². The predicted octanol–water partition coefficient (Wildman–Crippen LogP) is 6.20. The summed E-state index contributed by atoms with van der Waals surface area (Å²) in [6, 6.07) is 0. The third kappa shape index (κ3) is 3.29. The molecule has 0 radical (unpaired) electrons. The zero-order valence-electron chi connectivity index (χ0n) is 23.5. The molecule has 1 N–H and O–H groups in total. The van der Waals surface area contributed by atoms with E-state index in [1.165, 1.54) is 6.42 Å².